The number of para-hydroxylation sites is 1. The maximum Gasteiger partial charge on any atom is 0.163 e. The van der Waals surface area contributed by atoms with Crippen molar-refractivity contribution < 1.29 is 4.79 Å². The van der Waals surface area contributed by atoms with Gasteiger partial charge in [0, 0.05) is 5.69 Å². The van der Waals surface area contributed by atoms with Gasteiger partial charge in [0.25, 0.3) is 0 Å². The van der Waals surface area contributed by atoms with Crippen molar-refractivity contribution in [2.75, 3.05) is 10.2 Å². The lowest BCUT2D eigenvalue weighted by Crippen LogP contribution is -2.34. The highest BCUT2D eigenvalue weighted by Gasteiger charge is 2.32. The number of hydrogen-bond donors (Lipinski definition) is 1. The van der Waals surface area contributed by atoms with Crippen molar-refractivity contribution in [2.45, 2.75) is 25.9 Å². The number of aromatic nitrogens is 2. The van der Waals surface area contributed by atoms with Crippen LogP contribution in [-0.2, 0) is 4.79 Å². The van der Waals surface area contributed by atoms with E-state index in [1.165, 1.54) is 11.9 Å². The van der Waals surface area contributed by atoms with Crippen LogP contribution in [0.5, 0.6) is 0 Å². The van der Waals surface area contributed by atoms with E-state index in [4.69, 9.17) is 0 Å². The minimum absolute atomic E-state index is 0.365. The number of carbonyl (C=O) groups is 1. The van der Waals surface area contributed by atoms with E-state index in [1.54, 1.807) is 6.20 Å². The van der Waals surface area contributed by atoms with Crippen molar-refractivity contribution in [2.24, 2.45) is 0 Å². The number of benzene rings is 1. The summed E-state index contributed by atoms with van der Waals surface area (Å²) in [6, 6.07) is 8.09. The molecular weight excluding hydrogens is 252 g/mol. The Morgan fingerprint density at radius 2 is 2.15 bits per heavy atom. The van der Waals surface area contributed by atoms with Gasteiger partial charge >= 0.3 is 0 Å². The van der Waals surface area contributed by atoms with Gasteiger partial charge in [-0.15, -0.1) is 0 Å². The zero-order chi connectivity index (χ0) is 14.1. The van der Waals surface area contributed by atoms with Gasteiger partial charge < -0.3 is 5.32 Å². The minimum Gasteiger partial charge on any atom is -0.355 e. The average molecular weight is 268 g/mol. The molecule has 0 spiro atoms. The highest BCUT2D eigenvalue weighted by Crippen LogP contribution is 2.40. The molecule has 5 nitrogen and oxygen atoms in total. The fraction of sp³-hybridized carbons (Fsp3) is 0.267. The van der Waals surface area contributed by atoms with Gasteiger partial charge in [-0.25, -0.2) is 9.97 Å². The van der Waals surface area contributed by atoms with Gasteiger partial charge in [0.1, 0.15) is 6.33 Å². The molecule has 0 amide bonds. The number of nitrogens with one attached hydrogen (secondary N) is 1. The van der Waals surface area contributed by atoms with Crippen molar-refractivity contribution in [3.63, 3.8) is 0 Å². The summed E-state index contributed by atoms with van der Waals surface area (Å²) >= 11 is 0. The Morgan fingerprint density at radius 3 is 2.90 bits per heavy atom. The van der Waals surface area contributed by atoms with E-state index < -0.39 is 6.17 Å². The molecule has 2 heterocycles. The fourth-order valence-corrected chi connectivity index (χ4v) is 2.53. The van der Waals surface area contributed by atoms with Gasteiger partial charge in [0.05, 0.1) is 11.9 Å². The second-order valence-corrected chi connectivity index (χ2v) is 5.07. The molecule has 1 unspecified atom stereocenters. The largest absolute Gasteiger partial charge is 0.355 e. The van der Waals surface area contributed by atoms with Gasteiger partial charge in [-0.3, -0.25) is 9.69 Å². The molecule has 2 aromatic rings. The third-order valence-electron chi connectivity index (χ3n) is 3.45. The van der Waals surface area contributed by atoms with Crippen LogP contribution in [0, 0.1) is 0 Å². The monoisotopic (exact) mass is 268 g/mol. The van der Waals surface area contributed by atoms with E-state index in [0.29, 0.717) is 5.92 Å². The highest BCUT2D eigenvalue weighted by atomic mass is 16.1. The molecule has 20 heavy (non-hydrogen) atoms. The summed E-state index contributed by atoms with van der Waals surface area (Å²) in [6.07, 6.45) is 3.63. The van der Waals surface area contributed by atoms with E-state index in [0.717, 1.165) is 23.5 Å². The number of fused-ring (bicyclic) bond motifs is 1. The Balaban J connectivity index is 2.15. The molecule has 3 rings (SSSR count). The van der Waals surface area contributed by atoms with E-state index in [1.807, 2.05) is 23.1 Å². The summed E-state index contributed by atoms with van der Waals surface area (Å²) in [4.78, 5) is 21.6. The van der Waals surface area contributed by atoms with Gasteiger partial charge in [0.2, 0.25) is 0 Å². The van der Waals surface area contributed by atoms with Crippen molar-refractivity contribution in [3.8, 4) is 0 Å². The second-order valence-electron chi connectivity index (χ2n) is 5.07. The molecule has 0 saturated carbocycles. The summed E-state index contributed by atoms with van der Waals surface area (Å²) in [6.45, 7) is 4.28. The Bertz CT molecular complexity index is 641. The number of aldehydes is 1. The smallest absolute Gasteiger partial charge is 0.163 e. The predicted molar refractivity (Wildman–Crippen MR) is 78.2 cm³/mol. The highest BCUT2D eigenvalue weighted by molar-refractivity contribution is 5.88. The molecule has 0 fully saturated rings. The van der Waals surface area contributed by atoms with E-state index in [9.17, 15) is 4.79 Å². The van der Waals surface area contributed by atoms with E-state index in [-0.39, 0.29) is 0 Å². The molecule has 1 atom stereocenters. The van der Waals surface area contributed by atoms with Crippen LogP contribution >= 0.6 is 0 Å². The van der Waals surface area contributed by atoms with Gasteiger partial charge in [0.15, 0.2) is 18.3 Å². The Kier molecular flexibility index (Phi) is 3.10. The molecule has 102 valence electrons. The van der Waals surface area contributed by atoms with Crippen molar-refractivity contribution >= 4 is 23.5 Å². The van der Waals surface area contributed by atoms with Crippen molar-refractivity contribution in [1.29, 1.82) is 0 Å². The topological polar surface area (TPSA) is 58.1 Å². The average Bonchev–Trinajstić information content (AvgIpc) is 2.85. The zero-order valence-electron chi connectivity index (χ0n) is 11.4. The third kappa shape index (κ3) is 1.91. The minimum atomic E-state index is -0.443. The van der Waals surface area contributed by atoms with Crippen LogP contribution in [0.15, 0.2) is 36.8 Å². The maximum atomic E-state index is 11.4. The predicted octanol–water partition coefficient (Wildman–Crippen LogP) is 2.69. The molecule has 5 heteroatoms. The van der Waals surface area contributed by atoms with Crippen LogP contribution in [-0.4, -0.2) is 22.4 Å². The summed E-state index contributed by atoms with van der Waals surface area (Å²) in [5.41, 5.74) is 2.97. The standard InChI is InChI=1S/C15H16N4O/c1-10(2)11-5-3-4-6-13(11)19-14(8-20)18-12-7-16-9-17-15(12)19/h3-10,14,18H,1-2H3. The van der Waals surface area contributed by atoms with Crippen LogP contribution < -0.4 is 10.2 Å². The van der Waals surface area contributed by atoms with Gasteiger partial charge in [-0.05, 0) is 17.5 Å². The molecule has 1 aromatic heterocycles. The molecule has 1 aliphatic heterocycles. The van der Waals surface area contributed by atoms with Crippen LogP contribution in [0.2, 0.25) is 0 Å². The van der Waals surface area contributed by atoms with Crippen LogP contribution in [0.1, 0.15) is 25.3 Å². The molecule has 0 aliphatic carbocycles. The lowest BCUT2D eigenvalue weighted by atomic mass is 10.0. The van der Waals surface area contributed by atoms with Crippen LogP contribution in [0.25, 0.3) is 0 Å². The van der Waals surface area contributed by atoms with E-state index >= 15 is 0 Å². The molecule has 1 N–H and O–H groups in total. The maximum absolute atomic E-state index is 11.4. The quantitative estimate of drug-likeness (QED) is 0.867. The van der Waals surface area contributed by atoms with E-state index in [2.05, 4.69) is 35.2 Å². The van der Waals surface area contributed by atoms with Crippen molar-refractivity contribution in [1.82, 2.24) is 9.97 Å². The molecular formula is C15H16N4O. The summed E-state index contributed by atoms with van der Waals surface area (Å²) in [5, 5.41) is 3.13. The fourth-order valence-electron chi connectivity index (χ4n) is 2.53. The van der Waals surface area contributed by atoms with Crippen LogP contribution in [0.3, 0.4) is 0 Å². The first-order chi connectivity index (χ1) is 9.72. The second kappa shape index (κ2) is 4.92. The number of nitrogens with zero attached hydrogens (tertiary/aromatic N) is 3. The molecule has 1 aromatic carbocycles. The molecule has 0 radical (unpaired) electrons. The first-order valence-corrected chi connectivity index (χ1v) is 6.62. The first kappa shape index (κ1) is 12.6. The summed E-state index contributed by atoms with van der Waals surface area (Å²) < 4.78 is 0. The lowest BCUT2D eigenvalue weighted by molar-refractivity contribution is -0.108. The van der Waals surface area contributed by atoms with Gasteiger partial charge in [-0.1, -0.05) is 32.0 Å². The first-order valence-electron chi connectivity index (χ1n) is 6.62. The molecule has 0 bridgehead atoms. The number of carbonyl (C=O) groups excluding carboxylic acids is 1. The Hall–Kier alpha value is -2.43. The summed E-state index contributed by atoms with van der Waals surface area (Å²) in [5.74, 6) is 1.11. The Labute approximate surface area is 117 Å². The normalized spacial score (nSPS) is 16.9. The Morgan fingerprint density at radius 1 is 1.35 bits per heavy atom. The number of anilines is 3. The number of rotatable bonds is 3. The molecule has 0 saturated heterocycles. The molecule has 1 aliphatic rings. The summed E-state index contributed by atoms with van der Waals surface area (Å²) in [7, 11) is 0. The lowest BCUT2D eigenvalue weighted by Gasteiger charge is -2.25. The third-order valence-corrected chi connectivity index (χ3v) is 3.45. The van der Waals surface area contributed by atoms with Crippen molar-refractivity contribution in [3.05, 3.63) is 42.4 Å². The SMILES string of the molecule is CC(C)c1ccccc1N1c2ncncc2NC1C=O. The van der Waals surface area contributed by atoms with Gasteiger partial charge in [-0.2, -0.15) is 0 Å². The number of hydrogen-bond acceptors (Lipinski definition) is 5. The zero-order valence-corrected chi connectivity index (χ0v) is 11.4. The van der Waals surface area contributed by atoms with Crippen LogP contribution in [0.4, 0.5) is 17.2 Å².